The van der Waals surface area contributed by atoms with Crippen LogP contribution in [0.1, 0.15) is 47.9 Å². The average molecular weight is 407 g/mol. The number of benzene rings is 1. The quantitative estimate of drug-likeness (QED) is 0.442. The number of nitrogens with zero attached hydrogens (tertiary/aromatic N) is 2. The fraction of sp³-hybridized carbons (Fsp3) is 0.348. The van der Waals surface area contributed by atoms with Crippen molar-refractivity contribution in [3.63, 3.8) is 0 Å². The van der Waals surface area contributed by atoms with Gasteiger partial charge in [0.05, 0.1) is 22.3 Å². The number of rotatable bonds is 6. The Labute approximate surface area is 175 Å². The van der Waals surface area contributed by atoms with Crippen LogP contribution in [0.5, 0.6) is 0 Å². The molecule has 3 aromatic rings. The Hall–Kier alpha value is -2.60. The third kappa shape index (κ3) is 3.81. The smallest absolute Gasteiger partial charge is 0.253 e. The van der Waals surface area contributed by atoms with Crippen LogP contribution in [0.3, 0.4) is 0 Å². The van der Waals surface area contributed by atoms with Crippen molar-refractivity contribution in [3.05, 3.63) is 53.9 Å². The van der Waals surface area contributed by atoms with Crippen molar-refractivity contribution in [2.45, 2.75) is 38.1 Å². The molecule has 0 radical (unpaired) electrons. The summed E-state index contributed by atoms with van der Waals surface area (Å²) in [5, 5.41) is 3.95. The molecule has 1 unspecified atom stereocenters. The molecule has 1 amide bonds. The number of thioether (sulfide) groups is 1. The van der Waals surface area contributed by atoms with E-state index in [1.54, 1.807) is 11.8 Å². The van der Waals surface area contributed by atoms with E-state index in [1.165, 1.54) is 0 Å². The molecule has 1 atom stereocenters. The fourth-order valence-electron chi connectivity index (χ4n) is 3.69. The molecule has 1 aliphatic heterocycles. The molecule has 2 N–H and O–H groups in total. The number of aromatic nitrogens is 3. The molecule has 2 aromatic heterocycles. The number of para-hydroxylation sites is 1. The van der Waals surface area contributed by atoms with Gasteiger partial charge in [0.15, 0.2) is 0 Å². The highest BCUT2D eigenvalue weighted by Crippen LogP contribution is 2.34. The van der Waals surface area contributed by atoms with Gasteiger partial charge < -0.3 is 10.3 Å². The summed E-state index contributed by atoms with van der Waals surface area (Å²) in [5.74, 6) is 1.78. The van der Waals surface area contributed by atoms with Crippen molar-refractivity contribution in [2.24, 2.45) is 5.92 Å². The van der Waals surface area contributed by atoms with Crippen molar-refractivity contribution in [2.75, 3.05) is 12.3 Å². The molecule has 29 heavy (non-hydrogen) atoms. The fourth-order valence-corrected chi connectivity index (χ4v) is 4.59. The standard InChI is InChI=1S/C23H26N4OS/c1-5-7-15-11-24-22(28)17-10-19(26-20(15)17)16-8-6-9-18-21(16)27-23(14(4)25-18)29-12-13(2)3/h5-6,8-10,13,15,26H,1,7,11-12H2,2-4H3,(H,24,28). The van der Waals surface area contributed by atoms with E-state index in [2.05, 4.69) is 30.7 Å². The lowest BCUT2D eigenvalue weighted by Crippen LogP contribution is -2.34. The molecule has 6 heteroatoms. The second-order valence-electron chi connectivity index (χ2n) is 7.93. The monoisotopic (exact) mass is 406 g/mol. The van der Waals surface area contributed by atoms with Gasteiger partial charge in [-0.15, -0.1) is 18.3 Å². The minimum Gasteiger partial charge on any atom is -0.357 e. The summed E-state index contributed by atoms with van der Waals surface area (Å²) in [4.78, 5) is 25.7. The number of hydrogen-bond donors (Lipinski definition) is 2. The van der Waals surface area contributed by atoms with Crippen LogP contribution in [0.15, 0.2) is 41.9 Å². The van der Waals surface area contributed by atoms with Crippen LogP contribution in [-0.2, 0) is 0 Å². The number of allylic oxidation sites excluding steroid dienone is 1. The second-order valence-corrected chi connectivity index (χ2v) is 8.94. The maximum Gasteiger partial charge on any atom is 0.253 e. The highest BCUT2D eigenvalue weighted by Gasteiger charge is 2.27. The van der Waals surface area contributed by atoms with Gasteiger partial charge >= 0.3 is 0 Å². The number of H-pyrrole nitrogens is 1. The van der Waals surface area contributed by atoms with Crippen LogP contribution < -0.4 is 5.32 Å². The number of aryl methyl sites for hydroxylation is 1. The molecule has 4 rings (SSSR count). The predicted octanol–water partition coefficient (Wildman–Crippen LogP) is 5.08. The summed E-state index contributed by atoms with van der Waals surface area (Å²) < 4.78 is 0. The molecule has 0 saturated heterocycles. The number of hydrogen-bond acceptors (Lipinski definition) is 4. The van der Waals surface area contributed by atoms with Crippen LogP contribution in [0.25, 0.3) is 22.3 Å². The Balaban J connectivity index is 1.82. The molecule has 150 valence electrons. The minimum atomic E-state index is -0.0295. The third-order valence-corrected chi connectivity index (χ3v) is 6.62. The highest BCUT2D eigenvalue weighted by atomic mass is 32.2. The van der Waals surface area contributed by atoms with E-state index in [-0.39, 0.29) is 11.8 Å². The average Bonchev–Trinajstić information content (AvgIpc) is 3.14. The van der Waals surface area contributed by atoms with Gasteiger partial charge in [-0.2, -0.15) is 0 Å². The molecule has 0 aliphatic carbocycles. The summed E-state index contributed by atoms with van der Waals surface area (Å²) in [7, 11) is 0. The van der Waals surface area contributed by atoms with Crippen molar-refractivity contribution >= 4 is 28.7 Å². The molecule has 5 nitrogen and oxygen atoms in total. The first kappa shape index (κ1) is 19.7. The lowest BCUT2D eigenvalue weighted by Gasteiger charge is -2.21. The van der Waals surface area contributed by atoms with Gasteiger partial charge in [0.25, 0.3) is 5.91 Å². The van der Waals surface area contributed by atoms with Gasteiger partial charge in [0.2, 0.25) is 0 Å². The Kier molecular flexibility index (Phi) is 5.46. The topological polar surface area (TPSA) is 70.7 Å². The Morgan fingerprint density at radius 3 is 2.90 bits per heavy atom. The van der Waals surface area contributed by atoms with E-state index >= 15 is 0 Å². The van der Waals surface area contributed by atoms with Crippen LogP contribution in [0.4, 0.5) is 0 Å². The van der Waals surface area contributed by atoms with Gasteiger partial charge in [0.1, 0.15) is 5.03 Å². The Morgan fingerprint density at radius 1 is 1.31 bits per heavy atom. The lowest BCUT2D eigenvalue weighted by atomic mass is 9.94. The van der Waals surface area contributed by atoms with Crippen LogP contribution >= 0.6 is 11.8 Å². The Morgan fingerprint density at radius 2 is 2.14 bits per heavy atom. The zero-order valence-electron chi connectivity index (χ0n) is 17.1. The van der Waals surface area contributed by atoms with Crippen molar-refractivity contribution in [3.8, 4) is 11.3 Å². The molecule has 1 aliphatic rings. The summed E-state index contributed by atoms with van der Waals surface area (Å²) in [5.41, 5.74) is 6.26. The maximum atomic E-state index is 12.4. The maximum absolute atomic E-state index is 12.4. The SMILES string of the molecule is C=CCC1CNC(=O)c2cc(-c3cccc4nc(C)c(SCC(C)C)nc34)[nH]c21. The Bertz CT molecular complexity index is 1090. The van der Waals surface area contributed by atoms with Gasteiger partial charge in [-0.25, -0.2) is 9.97 Å². The van der Waals surface area contributed by atoms with E-state index in [0.717, 1.165) is 50.9 Å². The highest BCUT2D eigenvalue weighted by molar-refractivity contribution is 7.99. The molecule has 0 fully saturated rings. The van der Waals surface area contributed by atoms with E-state index in [0.29, 0.717) is 18.0 Å². The van der Waals surface area contributed by atoms with Crippen molar-refractivity contribution in [1.29, 1.82) is 0 Å². The van der Waals surface area contributed by atoms with E-state index < -0.39 is 0 Å². The largest absolute Gasteiger partial charge is 0.357 e. The predicted molar refractivity (Wildman–Crippen MR) is 120 cm³/mol. The molecule has 3 heterocycles. The first-order valence-corrected chi connectivity index (χ1v) is 11.0. The molecule has 1 aromatic carbocycles. The lowest BCUT2D eigenvalue weighted by molar-refractivity contribution is 0.0940. The van der Waals surface area contributed by atoms with Gasteiger partial charge in [-0.05, 0) is 31.4 Å². The number of carbonyl (C=O) groups is 1. The van der Waals surface area contributed by atoms with Crippen LogP contribution in [0.2, 0.25) is 0 Å². The number of aromatic amines is 1. The molecule has 0 saturated carbocycles. The van der Waals surface area contributed by atoms with Crippen molar-refractivity contribution < 1.29 is 4.79 Å². The third-order valence-electron chi connectivity index (χ3n) is 5.13. The summed E-state index contributed by atoms with van der Waals surface area (Å²) in [6.45, 7) is 10.9. The van der Waals surface area contributed by atoms with Crippen molar-refractivity contribution in [1.82, 2.24) is 20.3 Å². The summed E-state index contributed by atoms with van der Waals surface area (Å²) in [6, 6.07) is 7.97. The van der Waals surface area contributed by atoms with Crippen LogP contribution in [-0.4, -0.2) is 33.2 Å². The summed E-state index contributed by atoms with van der Waals surface area (Å²) in [6.07, 6.45) is 2.72. The number of nitrogens with one attached hydrogen (secondary N) is 2. The molecular weight excluding hydrogens is 380 g/mol. The van der Waals surface area contributed by atoms with E-state index in [1.807, 2.05) is 37.3 Å². The normalized spacial score (nSPS) is 16.1. The molecular formula is C23H26N4OS. The molecule has 0 bridgehead atoms. The van der Waals surface area contributed by atoms with Crippen LogP contribution in [0, 0.1) is 12.8 Å². The van der Waals surface area contributed by atoms with E-state index in [4.69, 9.17) is 9.97 Å². The number of amides is 1. The number of carbonyl (C=O) groups excluding carboxylic acids is 1. The number of fused-ring (bicyclic) bond motifs is 2. The zero-order valence-corrected chi connectivity index (χ0v) is 17.9. The summed E-state index contributed by atoms with van der Waals surface area (Å²) >= 11 is 1.75. The first-order valence-electron chi connectivity index (χ1n) is 10.0. The van der Waals surface area contributed by atoms with E-state index in [9.17, 15) is 4.79 Å². The zero-order chi connectivity index (χ0) is 20.5. The minimum absolute atomic E-state index is 0.0295. The van der Waals surface area contributed by atoms with Gasteiger partial charge in [-0.3, -0.25) is 4.79 Å². The first-order chi connectivity index (χ1) is 14.0. The second kappa shape index (κ2) is 8.03. The van der Waals surface area contributed by atoms with Gasteiger partial charge in [-0.1, -0.05) is 32.1 Å². The molecule has 0 spiro atoms. The van der Waals surface area contributed by atoms with Gasteiger partial charge in [0, 0.05) is 35.2 Å².